The van der Waals surface area contributed by atoms with Gasteiger partial charge in [-0.05, 0) is 72.8 Å². The molecule has 1 saturated heterocycles. The van der Waals surface area contributed by atoms with Gasteiger partial charge in [0.2, 0.25) is 0 Å². The minimum Gasteiger partial charge on any atom is -0.377 e. The predicted molar refractivity (Wildman–Crippen MR) is 87.6 cm³/mol. The molecule has 1 aliphatic heterocycles. The van der Waals surface area contributed by atoms with Crippen LogP contribution in [0.3, 0.4) is 0 Å². The van der Waals surface area contributed by atoms with Crippen LogP contribution < -0.4 is 5.32 Å². The fourth-order valence-corrected chi connectivity index (χ4v) is 4.85. The van der Waals surface area contributed by atoms with Gasteiger partial charge in [-0.15, -0.1) is 0 Å². The highest BCUT2D eigenvalue weighted by Gasteiger charge is 2.54. The molecule has 2 fully saturated rings. The van der Waals surface area contributed by atoms with Crippen LogP contribution in [0.1, 0.15) is 66.7 Å². The minimum absolute atomic E-state index is 0.0347. The quantitative estimate of drug-likeness (QED) is 0.857. The predicted octanol–water partition coefficient (Wildman–Crippen LogP) is 3.76. The maximum absolute atomic E-state index is 6.34. The van der Waals surface area contributed by atoms with Gasteiger partial charge in [0, 0.05) is 19.1 Å². The van der Waals surface area contributed by atoms with Gasteiger partial charge in [0.1, 0.15) is 0 Å². The molecule has 2 unspecified atom stereocenters. The van der Waals surface area contributed by atoms with Gasteiger partial charge in [0.05, 0.1) is 16.8 Å². The van der Waals surface area contributed by atoms with Gasteiger partial charge in [0.15, 0.2) is 0 Å². The maximum atomic E-state index is 6.34. The van der Waals surface area contributed by atoms with E-state index in [0.29, 0.717) is 12.0 Å². The van der Waals surface area contributed by atoms with Gasteiger partial charge >= 0.3 is 0 Å². The first kappa shape index (κ1) is 17.2. The summed E-state index contributed by atoms with van der Waals surface area (Å²) < 4.78 is 12.5. The Morgan fingerprint density at radius 2 is 1.71 bits per heavy atom. The molecule has 0 aromatic carbocycles. The second-order valence-electron chi connectivity index (χ2n) is 8.49. The summed E-state index contributed by atoms with van der Waals surface area (Å²) in [5, 5.41) is 3.61. The van der Waals surface area contributed by atoms with E-state index in [4.69, 9.17) is 9.47 Å². The second kappa shape index (κ2) is 5.82. The van der Waals surface area contributed by atoms with Crippen molar-refractivity contribution in [1.29, 1.82) is 0 Å². The third-order valence-electron chi connectivity index (χ3n) is 5.95. The van der Waals surface area contributed by atoms with Gasteiger partial charge in [0.25, 0.3) is 0 Å². The maximum Gasteiger partial charge on any atom is 0.0834 e. The summed E-state index contributed by atoms with van der Waals surface area (Å²) in [7, 11) is 3.99. The first-order chi connectivity index (χ1) is 9.66. The van der Waals surface area contributed by atoms with E-state index in [2.05, 4.69) is 47.0 Å². The van der Waals surface area contributed by atoms with Crippen LogP contribution in [0.2, 0.25) is 0 Å². The van der Waals surface area contributed by atoms with Gasteiger partial charge in [-0.25, -0.2) is 0 Å². The molecular weight excluding hydrogens is 262 g/mol. The van der Waals surface area contributed by atoms with E-state index in [9.17, 15) is 0 Å². The molecule has 1 heterocycles. The van der Waals surface area contributed by atoms with E-state index in [-0.39, 0.29) is 16.8 Å². The van der Waals surface area contributed by atoms with E-state index in [0.717, 1.165) is 25.2 Å². The highest BCUT2D eigenvalue weighted by Crippen LogP contribution is 2.49. The molecule has 1 aliphatic carbocycles. The highest BCUT2D eigenvalue weighted by molar-refractivity contribution is 5.07. The monoisotopic (exact) mass is 297 g/mol. The average molecular weight is 297 g/mol. The van der Waals surface area contributed by atoms with Crippen molar-refractivity contribution in [1.82, 2.24) is 5.32 Å². The fourth-order valence-electron chi connectivity index (χ4n) is 4.85. The molecule has 0 spiro atoms. The first-order valence-corrected chi connectivity index (χ1v) is 8.58. The number of methoxy groups -OCH3 is 1. The Kier molecular flexibility index (Phi) is 4.78. The molecule has 0 aromatic heterocycles. The smallest absolute Gasteiger partial charge is 0.0834 e. The minimum atomic E-state index is -0.105. The van der Waals surface area contributed by atoms with Crippen LogP contribution in [0.15, 0.2) is 0 Å². The van der Waals surface area contributed by atoms with Crippen LogP contribution in [0.25, 0.3) is 0 Å². The van der Waals surface area contributed by atoms with E-state index < -0.39 is 0 Å². The van der Waals surface area contributed by atoms with Crippen LogP contribution in [0, 0.1) is 11.8 Å². The molecule has 0 bridgehead atoms. The molecular formula is C18H35NO2. The number of likely N-dealkylation sites (N-methyl/N-ethyl adjacent to an activating group) is 1. The molecule has 0 amide bonds. The molecule has 0 radical (unpaired) electrons. The van der Waals surface area contributed by atoms with E-state index >= 15 is 0 Å². The summed E-state index contributed by atoms with van der Waals surface area (Å²) in [6, 6.07) is 0.353. The lowest BCUT2D eigenvalue weighted by Gasteiger charge is -2.48. The first-order valence-electron chi connectivity index (χ1n) is 8.58. The zero-order valence-electron chi connectivity index (χ0n) is 15.1. The highest BCUT2D eigenvalue weighted by atomic mass is 16.5. The third-order valence-corrected chi connectivity index (χ3v) is 5.95. The van der Waals surface area contributed by atoms with E-state index in [1.807, 2.05) is 7.11 Å². The molecule has 3 heteroatoms. The van der Waals surface area contributed by atoms with E-state index in [1.165, 1.54) is 12.8 Å². The molecule has 1 saturated carbocycles. The fraction of sp³-hybridized carbons (Fsp3) is 1.00. The lowest BCUT2D eigenvalue weighted by molar-refractivity contribution is -0.116. The Labute approximate surface area is 131 Å². The van der Waals surface area contributed by atoms with Crippen molar-refractivity contribution in [3.63, 3.8) is 0 Å². The van der Waals surface area contributed by atoms with Crippen molar-refractivity contribution in [2.45, 2.75) is 89.6 Å². The number of rotatable bonds is 4. The Morgan fingerprint density at radius 1 is 1.14 bits per heavy atom. The van der Waals surface area contributed by atoms with Crippen LogP contribution in [0.5, 0.6) is 0 Å². The molecule has 2 aliphatic rings. The molecule has 124 valence electrons. The largest absolute Gasteiger partial charge is 0.377 e. The van der Waals surface area contributed by atoms with Crippen LogP contribution in [0.4, 0.5) is 0 Å². The number of nitrogens with one attached hydrogen (secondary N) is 1. The summed E-state index contributed by atoms with van der Waals surface area (Å²) >= 11 is 0. The SMILES string of the molecule is CNC(C1CC(C)(C)OC1(C)C)C1(OC)CCC(C)CC1. The lowest BCUT2D eigenvalue weighted by Crippen LogP contribution is -2.59. The van der Waals surface area contributed by atoms with Crippen molar-refractivity contribution >= 4 is 0 Å². The van der Waals surface area contributed by atoms with Crippen molar-refractivity contribution in [3.8, 4) is 0 Å². The standard InChI is InChI=1S/C18H35NO2/c1-13-8-10-18(20-7,11-9-13)15(19-6)14-12-16(2,3)21-17(14,4)5/h13-15,19H,8-12H2,1-7H3. The van der Waals surface area contributed by atoms with Gasteiger partial charge < -0.3 is 14.8 Å². The molecule has 3 nitrogen and oxygen atoms in total. The lowest BCUT2D eigenvalue weighted by atomic mass is 9.67. The summed E-state index contributed by atoms with van der Waals surface area (Å²) in [4.78, 5) is 0. The zero-order valence-corrected chi connectivity index (χ0v) is 15.1. The topological polar surface area (TPSA) is 30.5 Å². The molecule has 2 atom stereocenters. The summed E-state index contributed by atoms with van der Waals surface area (Å²) in [5.74, 6) is 1.31. The third kappa shape index (κ3) is 3.30. The second-order valence-corrected chi connectivity index (χ2v) is 8.49. The number of hydrogen-bond donors (Lipinski definition) is 1. The summed E-state index contributed by atoms with van der Waals surface area (Å²) in [6.45, 7) is 11.3. The Bertz CT molecular complexity index is 356. The van der Waals surface area contributed by atoms with Crippen LogP contribution >= 0.6 is 0 Å². The zero-order chi connectivity index (χ0) is 15.9. The number of hydrogen-bond acceptors (Lipinski definition) is 3. The molecule has 2 rings (SSSR count). The Morgan fingerprint density at radius 3 is 2.10 bits per heavy atom. The van der Waals surface area contributed by atoms with Gasteiger partial charge in [-0.3, -0.25) is 0 Å². The van der Waals surface area contributed by atoms with Crippen molar-refractivity contribution in [2.24, 2.45) is 11.8 Å². The van der Waals surface area contributed by atoms with Gasteiger partial charge in [-0.2, -0.15) is 0 Å². The summed E-state index contributed by atoms with van der Waals surface area (Å²) in [5.41, 5.74) is -0.182. The molecule has 21 heavy (non-hydrogen) atoms. The summed E-state index contributed by atoms with van der Waals surface area (Å²) in [6.07, 6.45) is 5.94. The van der Waals surface area contributed by atoms with Crippen LogP contribution in [-0.2, 0) is 9.47 Å². The molecule has 0 aromatic rings. The van der Waals surface area contributed by atoms with Crippen molar-refractivity contribution < 1.29 is 9.47 Å². The normalized spacial score (nSPS) is 40.1. The van der Waals surface area contributed by atoms with Crippen LogP contribution in [-0.4, -0.2) is 37.0 Å². The molecule has 1 N–H and O–H groups in total. The van der Waals surface area contributed by atoms with Gasteiger partial charge in [-0.1, -0.05) is 6.92 Å². The van der Waals surface area contributed by atoms with Crippen molar-refractivity contribution in [3.05, 3.63) is 0 Å². The average Bonchev–Trinajstić information content (AvgIpc) is 2.61. The van der Waals surface area contributed by atoms with Crippen molar-refractivity contribution in [2.75, 3.05) is 14.2 Å². The Balaban J connectivity index is 2.26. The van der Waals surface area contributed by atoms with E-state index in [1.54, 1.807) is 0 Å². The number of ether oxygens (including phenoxy) is 2. The Hall–Kier alpha value is -0.120.